The quantitative estimate of drug-likeness (QED) is 0.813. The third kappa shape index (κ3) is 3.33. The molecular formula is C18H16N2O2S. The van der Waals surface area contributed by atoms with Crippen molar-refractivity contribution in [1.29, 1.82) is 5.26 Å². The molecule has 1 aromatic carbocycles. The maximum Gasteiger partial charge on any atom is 0.253 e. The highest BCUT2D eigenvalue weighted by Crippen LogP contribution is 2.24. The molecule has 1 atom stereocenters. The number of hydrogen-bond donors (Lipinski definition) is 0. The molecule has 0 N–H and O–H groups in total. The summed E-state index contributed by atoms with van der Waals surface area (Å²) in [5, 5.41) is 10.9. The molecule has 23 heavy (non-hydrogen) atoms. The Hall–Kier alpha value is -2.45. The second-order valence-electron chi connectivity index (χ2n) is 5.62. The fourth-order valence-corrected chi connectivity index (χ4v) is 3.64. The van der Waals surface area contributed by atoms with Crippen LogP contribution in [0.4, 0.5) is 0 Å². The van der Waals surface area contributed by atoms with E-state index in [0.717, 1.165) is 17.7 Å². The van der Waals surface area contributed by atoms with Gasteiger partial charge in [0.05, 0.1) is 16.5 Å². The summed E-state index contributed by atoms with van der Waals surface area (Å²) in [5.41, 5.74) is 0.979. The van der Waals surface area contributed by atoms with E-state index in [1.807, 2.05) is 23.6 Å². The number of hydrogen-bond acceptors (Lipinski definition) is 4. The number of amides is 1. The number of nitriles is 1. The van der Waals surface area contributed by atoms with Crippen LogP contribution in [-0.4, -0.2) is 29.7 Å². The van der Waals surface area contributed by atoms with Gasteiger partial charge in [-0.1, -0.05) is 12.1 Å². The van der Waals surface area contributed by atoms with Gasteiger partial charge < -0.3 is 4.90 Å². The topological polar surface area (TPSA) is 61.2 Å². The van der Waals surface area contributed by atoms with Crippen molar-refractivity contribution in [3.63, 3.8) is 0 Å². The highest BCUT2D eigenvalue weighted by molar-refractivity contribution is 7.12. The van der Waals surface area contributed by atoms with E-state index in [9.17, 15) is 9.59 Å². The Kier molecular flexibility index (Phi) is 4.54. The van der Waals surface area contributed by atoms with E-state index in [1.54, 1.807) is 29.2 Å². The van der Waals surface area contributed by atoms with E-state index >= 15 is 0 Å². The number of likely N-dealkylation sites (tertiary alicyclic amines) is 1. The van der Waals surface area contributed by atoms with Gasteiger partial charge in [0, 0.05) is 24.6 Å². The molecule has 1 aromatic heterocycles. The number of benzene rings is 1. The van der Waals surface area contributed by atoms with Crippen molar-refractivity contribution < 1.29 is 9.59 Å². The Labute approximate surface area is 139 Å². The molecule has 4 nitrogen and oxygen atoms in total. The summed E-state index contributed by atoms with van der Waals surface area (Å²) in [6.45, 7) is 1.11. The monoisotopic (exact) mass is 324 g/mol. The van der Waals surface area contributed by atoms with Crippen molar-refractivity contribution in [3.05, 3.63) is 57.8 Å². The summed E-state index contributed by atoms with van der Waals surface area (Å²) in [6, 6.07) is 12.5. The number of thiophene rings is 1. The van der Waals surface area contributed by atoms with E-state index in [1.165, 1.54) is 11.3 Å². The van der Waals surface area contributed by atoms with Crippen molar-refractivity contribution in [2.75, 3.05) is 13.1 Å². The van der Waals surface area contributed by atoms with Crippen LogP contribution in [0.1, 0.15) is 38.4 Å². The summed E-state index contributed by atoms with van der Waals surface area (Å²) in [4.78, 5) is 27.6. The maximum absolute atomic E-state index is 12.6. The van der Waals surface area contributed by atoms with Crippen LogP contribution in [0.5, 0.6) is 0 Å². The van der Waals surface area contributed by atoms with Crippen molar-refractivity contribution in [3.8, 4) is 6.07 Å². The summed E-state index contributed by atoms with van der Waals surface area (Å²) < 4.78 is 0. The predicted molar refractivity (Wildman–Crippen MR) is 88.4 cm³/mol. The van der Waals surface area contributed by atoms with Gasteiger partial charge in [0.2, 0.25) is 0 Å². The Bertz CT molecular complexity index is 762. The van der Waals surface area contributed by atoms with Crippen molar-refractivity contribution in [2.24, 2.45) is 5.92 Å². The molecule has 1 amide bonds. The summed E-state index contributed by atoms with van der Waals surface area (Å²) in [7, 11) is 0. The number of ketones is 1. The van der Waals surface area contributed by atoms with Gasteiger partial charge in [0.25, 0.3) is 5.91 Å². The number of carbonyl (C=O) groups excluding carboxylic acids is 2. The Balaban J connectivity index is 1.74. The van der Waals surface area contributed by atoms with Crippen LogP contribution < -0.4 is 0 Å². The van der Waals surface area contributed by atoms with Crippen molar-refractivity contribution in [2.45, 2.75) is 12.8 Å². The molecule has 0 spiro atoms. The molecule has 1 fully saturated rings. The fourth-order valence-electron chi connectivity index (χ4n) is 2.90. The molecule has 1 aliphatic heterocycles. The lowest BCUT2D eigenvalue weighted by Gasteiger charge is -2.32. The maximum atomic E-state index is 12.6. The predicted octanol–water partition coefficient (Wildman–Crippen LogP) is 3.35. The summed E-state index contributed by atoms with van der Waals surface area (Å²) in [6.07, 6.45) is 1.64. The summed E-state index contributed by atoms with van der Waals surface area (Å²) in [5.74, 6) is -0.112. The lowest BCUT2D eigenvalue weighted by atomic mass is 9.92. The van der Waals surface area contributed by atoms with Crippen LogP contribution in [0.25, 0.3) is 0 Å². The van der Waals surface area contributed by atoms with E-state index in [0.29, 0.717) is 24.2 Å². The van der Waals surface area contributed by atoms with E-state index in [-0.39, 0.29) is 17.6 Å². The number of rotatable bonds is 3. The molecule has 0 radical (unpaired) electrons. The molecule has 0 bridgehead atoms. The normalized spacial score (nSPS) is 17.5. The minimum absolute atomic E-state index is 0.106. The van der Waals surface area contributed by atoms with E-state index in [4.69, 9.17) is 5.26 Å². The Morgan fingerprint density at radius 1 is 1.26 bits per heavy atom. The van der Waals surface area contributed by atoms with Crippen LogP contribution in [0.2, 0.25) is 0 Å². The molecule has 0 saturated carbocycles. The Morgan fingerprint density at radius 2 is 2.13 bits per heavy atom. The lowest BCUT2D eigenvalue weighted by molar-refractivity contribution is 0.0638. The number of nitrogens with zero attached hydrogens (tertiary/aromatic N) is 2. The van der Waals surface area contributed by atoms with Crippen LogP contribution in [0.3, 0.4) is 0 Å². The number of carbonyl (C=O) groups is 2. The minimum atomic E-state index is -0.134. The highest BCUT2D eigenvalue weighted by atomic mass is 32.1. The van der Waals surface area contributed by atoms with E-state index in [2.05, 4.69) is 0 Å². The zero-order valence-electron chi connectivity index (χ0n) is 12.6. The molecule has 3 rings (SSSR count). The second kappa shape index (κ2) is 6.76. The average Bonchev–Trinajstić information content (AvgIpc) is 3.15. The van der Waals surface area contributed by atoms with Gasteiger partial charge in [0.15, 0.2) is 5.78 Å². The molecule has 2 heterocycles. The largest absolute Gasteiger partial charge is 0.338 e. The number of Topliss-reactive ketones (excluding diaryl/α,β-unsaturated/α-hetero) is 1. The standard InChI is InChI=1S/C18H16N2O2S/c19-11-13-4-1-5-14(10-13)18(22)20-8-2-6-15(12-20)17(21)16-7-3-9-23-16/h1,3-5,7,9-10,15H,2,6,8,12H2/t15-/m1/s1. The molecule has 1 aliphatic rings. The summed E-state index contributed by atoms with van der Waals surface area (Å²) >= 11 is 1.45. The third-order valence-electron chi connectivity index (χ3n) is 4.08. The van der Waals surface area contributed by atoms with Crippen LogP contribution in [-0.2, 0) is 0 Å². The molecule has 2 aromatic rings. The van der Waals surface area contributed by atoms with Gasteiger partial charge in [0.1, 0.15) is 0 Å². The average molecular weight is 324 g/mol. The lowest BCUT2D eigenvalue weighted by Crippen LogP contribution is -2.42. The Morgan fingerprint density at radius 3 is 2.87 bits per heavy atom. The van der Waals surface area contributed by atoms with Gasteiger partial charge >= 0.3 is 0 Å². The number of piperidine rings is 1. The first-order valence-electron chi connectivity index (χ1n) is 7.56. The molecule has 5 heteroatoms. The second-order valence-corrected chi connectivity index (χ2v) is 6.57. The van der Waals surface area contributed by atoms with Crippen molar-refractivity contribution >= 4 is 23.0 Å². The van der Waals surface area contributed by atoms with Crippen LogP contribution in [0, 0.1) is 17.2 Å². The zero-order chi connectivity index (χ0) is 16.2. The minimum Gasteiger partial charge on any atom is -0.338 e. The van der Waals surface area contributed by atoms with Crippen molar-refractivity contribution in [1.82, 2.24) is 4.90 Å². The van der Waals surface area contributed by atoms with Crippen LogP contribution >= 0.6 is 11.3 Å². The van der Waals surface area contributed by atoms with Gasteiger partial charge in [-0.05, 0) is 42.5 Å². The molecular weight excluding hydrogens is 308 g/mol. The van der Waals surface area contributed by atoms with Gasteiger partial charge in [-0.2, -0.15) is 5.26 Å². The third-order valence-corrected chi connectivity index (χ3v) is 4.97. The van der Waals surface area contributed by atoms with Gasteiger partial charge in [-0.3, -0.25) is 9.59 Å². The molecule has 116 valence electrons. The first kappa shape index (κ1) is 15.4. The molecule has 0 unspecified atom stereocenters. The fraction of sp³-hybridized carbons (Fsp3) is 0.278. The first-order valence-corrected chi connectivity index (χ1v) is 8.44. The van der Waals surface area contributed by atoms with Gasteiger partial charge in [-0.15, -0.1) is 11.3 Å². The SMILES string of the molecule is N#Cc1cccc(C(=O)N2CCC[C@@H](C(=O)c3cccs3)C2)c1. The molecule has 0 aliphatic carbocycles. The van der Waals surface area contributed by atoms with E-state index < -0.39 is 0 Å². The first-order chi connectivity index (χ1) is 11.2. The smallest absolute Gasteiger partial charge is 0.253 e. The zero-order valence-corrected chi connectivity index (χ0v) is 13.4. The van der Waals surface area contributed by atoms with Crippen LogP contribution in [0.15, 0.2) is 41.8 Å². The van der Waals surface area contributed by atoms with Gasteiger partial charge in [-0.25, -0.2) is 0 Å². The highest BCUT2D eigenvalue weighted by Gasteiger charge is 2.29. The molecule has 1 saturated heterocycles.